The maximum Gasteiger partial charge on any atom is 0.130 e. The van der Waals surface area contributed by atoms with Gasteiger partial charge in [0.1, 0.15) is 5.78 Å². The average molecular weight is 441 g/mol. The fourth-order valence-corrected chi connectivity index (χ4v) is 4.65. The summed E-state index contributed by atoms with van der Waals surface area (Å²) in [7, 11) is 0. The molecule has 0 spiro atoms. The molecule has 0 rings (SSSR count). The van der Waals surface area contributed by atoms with Crippen LogP contribution in [0.15, 0.2) is 0 Å². The average Bonchev–Trinajstić information content (AvgIpc) is 2.63. The van der Waals surface area contributed by atoms with Crippen LogP contribution in [0, 0.1) is 0 Å². The Hall–Kier alpha value is 0.720. The predicted molar refractivity (Wildman–Crippen MR) is 139 cm³/mol. The van der Waals surface area contributed by atoms with Gasteiger partial charge in [-0.2, -0.15) is 35.3 Å². The summed E-state index contributed by atoms with van der Waals surface area (Å²) in [4.78, 5) is 10.5. The van der Waals surface area contributed by atoms with E-state index in [2.05, 4.69) is 58.1 Å². The topological polar surface area (TPSA) is 17.1 Å². The third-order valence-electron chi connectivity index (χ3n) is 3.22. The van der Waals surface area contributed by atoms with Gasteiger partial charge in [-0.1, -0.05) is 61.3 Å². The van der Waals surface area contributed by atoms with Crippen LogP contribution in [0.4, 0.5) is 0 Å². The minimum Gasteiger partial charge on any atom is -0.300 e. The van der Waals surface area contributed by atoms with Crippen LogP contribution in [0.5, 0.6) is 0 Å². The van der Waals surface area contributed by atoms with Gasteiger partial charge in [0.15, 0.2) is 0 Å². The Morgan fingerprint density at radius 3 is 1.15 bits per heavy atom. The van der Waals surface area contributed by atoms with E-state index >= 15 is 0 Å². The van der Waals surface area contributed by atoms with Crippen LogP contribution in [-0.4, -0.2) is 40.3 Å². The van der Waals surface area contributed by atoms with Crippen LogP contribution in [0.1, 0.15) is 107 Å². The van der Waals surface area contributed by atoms with Crippen molar-refractivity contribution < 1.29 is 4.79 Å². The highest BCUT2D eigenvalue weighted by molar-refractivity contribution is 7.99. The van der Waals surface area contributed by atoms with E-state index < -0.39 is 0 Å². The quantitative estimate of drug-likeness (QED) is 0.222. The van der Waals surface area contributed by atoms with Gasteiger partial charge < -0.3 is 0 Å². The highest BCUT2D eigenvalue weighted by Crippen LogP contribution is 2.06. The molecule has 0 bridgehead atoms. The molecular formula is C23H52OS3. The monoisotopic (exact) mass is 440 g/mol. The Balaban J connectivity index is -0.000000146. The first-order chi connectivity index (χ1) is 12.6. The van der Waals surface area contributed by atoms with E-state index in [1.54, 1.807) is 6.92 Å². The van der Waals surface area contributed by atoms with Gasteiger partial charge in [0.2, 0.25) is 0 Å². The molecule has 0 aliphatic carbocycles. The molecule has 0 atom stereocenters. The van der Waals surface area contributed by atoms with Gasteiger partial charge in [-0.3, -0.25) is 4.79 Å². The molecule has 0 unspecified atom stereocenters. The highest BCUT2D eigenvalue weighted by Gasteiger charge is 1.92. The Morgan fingerprint density at radius 1 is 0.556 bits per heavy atom. The minimum atomic E-state index is 0. The molecule has 1 nitrogen and oxygen atoms in total. The molecular weight excluding hydrogens is 388 g/mol. The van der Waals surface area contributed by atoms with E-state index in [4.69, 9.17) is 0 Å². The van der Waals surface area contributed by atoms with Crippen molar-refractivity contribution in [1.82, 2.24) is 0 Å². The smallest absolute Gasteiger partial charge is 0.130 e. The standard InChI is InChI=1S/C8H16OS.2C7H16S.CH4/c1-3-4-6-10-7-5-8(2)9;2*1-3-5-7-8-6-4-2;/h3-7H2,1-2H3;2*3-7H2,1-2H3;1H4. The van der Waals surface area contributed by atoms with Crippen LogP contribution in [-0.2, 0) is 4.79 Å². The lowest BCUT2D eigenvalue weighted by Gasteiger charge is -1.96. The number of carbonyl (C=O) groups excluding carboxylic acids is 1. The van der Waals surface area contributed by atoms with E-state index in [0.29, 0.717) is 5.78 Å². The van der Waals surface area contributed by atoms with Gasteiger partial charge in [-0.05, 0) is 67.8 Å². The second-order valence-corrected chi connectivity index (χ2v) is 10.0. The molecule has 4 heteroatoms. The van der Waals surface area contributed by atoms with E-state index in [0.717, 1.165) is 12.2 Å². The molecule has 0 aliphatic heterocycles. The van der Waals surface area contributed by atoms with Crippen molar-refractivity contribution in [3.8, 4) is 0 Å². The number of rotatable bonds is 16. The first-order valence-corrected chi connectivity index (χ1v) is 14.3. The van der Waals surface area contributed by atoms with E-state index in [9.17, 15) is 4.79 Å². The highest BCUT2D eigenvalue weighted by atomic mass is 32.2. The van der Waals surface area contributed by atoms with Gasteiger partial charge in [-0.15, -0.1) is 0 Å². The number of thioether (sulfide) groups is 3. The second kappa shape index (κ2) is 37.5. The molecule has 0 heterocycles. The molecule has 0 N–H and O–H groups in total. The number of Topliss-reactive ketones (excluding diaryl/α,β-unsaturated/α-hetero) is 1. The third-order valence-corrected chi connectivity index (χ3v) is 6.84. The summed E-state index contributed by atoms with van der Waals surface area (Å²) in [5, 5.41) is 0. The Labute approximate surface area is 186 Å². The second-order valence-electron chi connectivity index (χ2n) is 6.35. The van der Waals surface area contributed by atoms with Crippen LogP contribution < -0.4 is 0 Å². The summed E-state index contributed by atoms with van der Waals surface area (Å²) in [5.74, 6) is 7.96. The van der Waals surface area contributed by atoms with Crippen LogP contribution in [0.2, 0.25) is 0 Å². The molecule has 168 valence electrons. The molecule has 0 amide bonds. The van der Waals surface area contributed by atoms with E-state index in [1.807, 2.05) is 11.8 Å². The van der Waals surface area contributed by atoms with Gasteiger partial charge in [-0.25, -0.2) is 0 Å². The largest absolute Gasteiger partial charge is 0.300 e. The Kier molecular flexibility index (Phi) is 48.8. The lowest BCUT2D eigenvalue weighted by molar-refractivity contribution is -0.116. The number of hydrogen-bond acceptors (Lipinski definition) is 4. The van der Waals surface area contributed by atoms with Gasteiger partial charge in [0.05, 0.1) is 0 Å². The predicted octanol–water partition coefficient (Wildman–Crippen LogP) is 8.99. The first-order valence-electron chi connectivity index (χ1n) is 10.8. The zero-order valence-electron chi connectivity index (χ0n) is 18.7. The molecule has 0 saturated heterocycles. The summed E-state index contributed by atoms with van der Waals surface area (Å²) in [6, 6.07) is 0. The zero-order valence-corrected chi connectivity index (χ0v) is 21.2. The first kappa shape index (κ1) is 35.2. The Bertz CT molecular complexity index is 212. The number of unbranched alkanes of at least 4 members (excludes halogenated alkanes) is 3. The molecule has 0 aromatic heterocycles. The summed E-state index contributed by atoms with van der Waals surface area (Å²) in [6.45, 7) is 12.8. The molecule has 27 heavy (non-hydrogen) atoms. The molecule has 0 radical (unpaired) electrons. The van der Waals surface area contributed by atoms with Crippen molar-refractivity contribution >= 4 is 41.1 Å². The fourth-order valence-electron chi connectivity index (χ4n) is 1.55. The zero-order chi connectivity index (χ0) is 20.3. The van der Waals surface area contributed by atoms with Crippen molar-refractivity contribution in [2.75, 3.05) is 34.5 Å². The van der Waals surface area contributed by atoms with Crippen LogP contribution in [0.3, 0.4) is 0 Å². The van der Waals surface area contributed by atoms with Crippen LogP contribution in [0.25, 0.3) is 0 Å². The maximum absolute atomic E-state index is 10.5. The number of ketones is 1. The molecule has 0 aromatic carbocycles. The molecule has 0 aliphatic rings. The Morgan fingerprint density at radius 2 is 0.889 bits per heavy atom. The van der Waals surface area contributed by atoms with Crippen molar-refractivity contribution in [3.05, 3.63) is 0 Å². The van der Waals surface area contributed by atoms with Gasteiger partial charge in [0.25, 0.3) is 0 Å². The van der Waals surface area contributed by atoms with E-state index in [-0.39, 0.29) is 7.43 Å². The fraction of sp³-hybridized carbons (Fsp3) is 0.957. The van der Waals surface area contributed by atoms with E-state index in [1.165, 1.54) is 80.1 Å². The lowest BCUT2D eigenvalue weighted by Crippen LogP contribution is -1.92. The summed E-state index contributed by atoms with van der Waals surface area (Å²) < 4.78 is 0. The summed E-state index contributed by atoms with van der Waals surface area (Å²) in [6.07, 6.45) is 11.4. The van der Waals surface area contributed by atoms with Crippen molar-refractivity contribution in [1.29, 1.82) is 0 Å². The third kappa shape index (κ3) is 52.0. The van der Waals surface area contributed by atoms with Gasteiger partial charge >= 0.3 is 0 Å². The molecule has 0 saturated carbocycles. The maximum atomic E-state index is 10.5. The van der Waals surface area contributed by atoms with Crippen molar-refractivity contribution in [2.24, 2.45) is 0 Å². The van der Waals surface area contributed by atoms with Crippen LogP contribution >= 0.6 is 35.3 Å². The summed E-state index contributed by atoms with van der Waals surface area (Å²) >= 11 is 6.04. The summed E-state index contributed by atoms with van der Waals surface area (Å²) in [5.41, 5.74) is 0. The number of carbonyl (C=O) groups is 1. The van der Waals surface area contributed by atoms with Gasteiger partial charge in [0, 0.05) is 12.2 Å². The molecule has 0 fully saturated rings. The normalized spacial score (nSPS) is 9.41. The SMILES string of the molecule is C.CCCCSCCC.CCCCSCCC.CCCCSCCC(C)=O. The van der Waals surface area contributed by atoms with Crippen molar-refractivity contribution in [2.45, 2.75) is 107 Å². The van der Waals surface area contributed by atoms with Crippen molar-refractivity contribution in [3.63, 3.8) is 0 Å². The molecule has 0 aromatic rings. The minimum absolute atomic E-state index is 0. The number of hydrogen-bond donors (Lipinski definition) is 0. The lowest BCUT2D eigenvalue weighted by atomic mass is 10.4.